The molecule has 9 heteroatoms. The van der Waals surface area contributed by atoms with Gasteiger partial charge in [0.15, 0.2) is 5.78 Å². The molecule has 1 aliphatic carbocycles. The third-order valence-corrected chi connectivity index (χ3v) is 7.42. The van der Waals surface area contributed by atoms with Crippen LogP contribution in [0.4, 0.5) is 5.69 Å². The highest BCUT2D eigenvalue weighted by Gasteiger charge is 2.37. The molecule has 2 heterocycles. The Morgan fingerprint density at radius 3 is 2.57 bits per heavy atom. The summed E-state index contributed by atoms with van der Waals surface area (Å²) in [4.78, 5) is 51.7. The summed E-state index contributed by atoms with van der Waals surface area (Å²) >= 11 is 0. The highest BCUT2D eigenvalue weighted by molar-refractivity contribution is 6.01. The maximum atomic E-state index is 13.3. The minimum atomic E-state index is -0.525. The minimum absolute atomic E-state index is 0.0517. The van der Waals surface area contributed by atoms with E-state index in [1.165, 1.54) is 6.92 Å². The molecule has 0 spiro atoms. The van der Waals surface area contributed by atoms with Crippen LogP contribution in [-0.2, 0) is 22.4 Å². The monoisotopic (exact) mass is 507 g/mol. The van der Waals surface area contributed by atoms with Crippen LogP contribution in [0.1, 0.15) is 78.2 Å². The van der Waals surface area contributed by atoms with Crippen LogP contribution in [-0.4, -0.2) is 58.6 Å². The molecule has 0 radical (unpaired) electrons. The van der Waals surface area contributed by atoms with Crippen molar-refractivity contribution < 1.29 is 19.2 Å². The largest absolute Gasteiger partial charge is 0.382 e. The topological polar surface area (TPSA) is 127 Å². The number of benzene rings is 1. The van der Waals surface area contributed by atoms with Crippen molar-refractivity contribution in [3.05, 3.63) is 46.3 Å². The van der Waals surface area contributed by atoms with Gasteiger partial charge in [-0.3, -0.25) is 19.2 Å². The first-order valence-corrected chi connectivity index (χ1v) is 12.9. The normalized spacial score (nSPS) is 19.0. The fourth-order valence-electron chi connectivity index (χ4n) is 5.60. The third-order valence-electron chi connectivity index (χ3n) is 7.42. The molecule has 0 fully saturated rings. The Labute approximate surface area is 217 Å². The van der Waals surface area contributed by atoms with E-state index < -0.39 is 5.91 Å². The summed E-state index contributed by atoms with van der Waals surface area (Å²) in [5.41, 5.74) is 11.0. The quantitative estimate of drug-likeness (QED) is 0.589. The molecule has 4 N–H and O–H groups in total. The first-order chi connectivity index (χ1) is 17.4. The van der Waals surface area contributed by atoms with Crippen LogP contribution in [0.25, 0.3) is 5.69 Å². The Bertz CT molecular complexity index is 1280. The second kappa shape index (κ2) is 10.0. The van der Waals surface area contributed by atoms with E-state index in [4.69, 9.17) is 5.73 Å². The van der Waals surface area contributed by atoms with Gasteiger partial charge in [0.1, 0.15) is 0 Å². The zero-order valence-corrected chi connectivity index (χ0v) is 22.4. The van der Waals surface area contributed by atoms with Gasteiger partial charge in [0.2, 0.25) is 11.8 Å². The van der Waals surface area contributed by atoms with E-state index in [1.54, 1.807) is 11.0 Å². The van der Waals surface area contributed by atoms with Gasteiger partial charge in [0.25, 0.3) is 5.91 Å². The predicted molar refractivity (Wildman–Crippen MR) is 142 cm³/mol. The van der Waals surface area contributed by atoms with Crippen molar-refractivity contribution in [1.82, 2.24) is 14.8 Å². The summed E-state index contributed by atoms with van der Waals surface area (Å²) in [5, 5.41) is 6.02. The van der Waals surface area contributed by atoms with Gasteiger partial charge >= 0.3 is 0 Å². The number of Topliss-reactive ketones (excluding diaryl/α,β-unsaturated/α-hetero) is 1. The Balaban J connectivity index is 1.87. The fourth-order valence-corrected chi connectivity index (χ4v) is 5.60. The van der Waals surface area contributed by atoms with Gasteiger partial charge in [-0.1, -0.05) is 13.8 Å². The number of hydrogen-bond acceptors (Lipinski definition) is 5. The second-order valence-corrected chi connectivity index (χ2v) is 11.1. The lowest BCUT2D eigenvalue weighted by atomic mass is 9.75. The highest BCUT2D eigenvalue weighted by atomic mass is 16.2. The van der Waals surface area contributed by atoms with Crippen molar-refractivity contribution in [2.75, 3.05) is 25.0 Å². The lowest BCUT2D eigenvalue weighted by molar-refractivity contribution is -0.132. The maximum absolute atomic E-state index is 13.3. The van der Waals surface area contributed by atoms with E-state index in [9.17, 15) is 19.2 Å². The van der Waals surface area contributed by atoms with Crippen LogP contribution in [0.3, 0.4) is 0 Å². The molecule has 2 bridgehead atoms. The average Bonchev–Trinajstić information content (AvgIpc) is 3.06. The first kappa shape index (κ1) is 26.4. The first-order valence-electron chi connectivity index (χ1n) is 12.9. The maximum Gasteiger partial charge on any atom is 0.250 e. The lowest BCUT2D eigenvalue weighted by Gasteiger charge is -2.30. The van der Waals surface area contributed by atoms with Crippen molar-refractivity contribution in [3.63, 3.8) is 0 Å². The van der Waals surface area contributed by atoms with Crippen LogP contribution in [0.15, 0.2) is 18.2 Å². The van der Waals surface area contributed by atoms with E-state index >= 15 is 0 Å². The summed E-state index contributed by atoms with van der Waals surface area (Å²) in [5.74, 6) is -0.808. The van der Waals surface area contributed by atoms with Gasteiger partial charge in [0.05, 0.1) is 12.1 Å². The summed E-state index contributed by atoms with van der Waals surface area (Å²) < 4.78 is 2.14. The van der Waals surface area contributed by atoms with Gasteiger partial charge in [0, 0.05) is 67.2 Å². The fraction of sp³-hybridized carbons (Fsp3) is 0.500. The number of carbonyl (C=O) groups excluding carboxylic acids is 4. The number of nitrogens with two attached hydrogens (primary N) is 1. The molecule has 37 heavy (non-hydrogen) atoms. The SMILES string of the molecule is CC(=O)NCC(=O)N1CCc2c(C)c3c(n2-c2ccc(C(N)=O)c(c2)N[C@@H](C)CC1)CC(C)(C)CC3=O. The Hall–Kier alpha value is -3.62. The van der Waals surface area contributed by atoms with Gasteiger partial charge in [-0.25, -0.2) is 0 Å². The van der Waals surface area contributed by atoms with Crippen LogP contribution in [0, 0.1) is 12.3 Å². The molecule has 0 unspecified atom stereocenters. The molecule has 198 valence electrons. The van der Waals surface area contributed by atoms with E-state index in [0.717, 1.165) is 34.6 Å². The van der Waals surface area contributed by atoms with Gasteiger partial charge in [-0.15, -0.1) is 0 Å². The number of rotatable bonds is 3. The summed E-state index contributed by atoms with van der Waals surface area (Å²) in [6.07, 6.45) is 2.40. The zero-order chi connectivity index (χ0) is 27.1. The highest BCUT2D eigenvalue weighted by Crippen LogP contribution is 2.40. The number of nitrogens with one attached hydrogen (secondary N) is 2. The number of amides is 3. The van der Waals surface area contributed by atoms with Crippen molar-refractivity contribution in [2.45, 2.75) is 66.3 Å². The van der Waals surface area contributed by atoms with Crippen molar-refractivity contribution in [3.8, 4) is 5.69 Å². The lowest BCUT2D eigenvalue weighted by Crippen LogP contribution is -2.42. The molecule has 2 aromatic rings. The molecule has 4 rings (SSSR count). The molecule has 0 saturated heterocycles. The molecular weight excluding hydrogens is 470 g/mol. The van der Waals surface area contributed by atoms with Crippen LogP contribution in [0.5, 0.6) is 0 Å². The number of nitrogens with zero attached hydrogens (tertiary/aromatic N) is 2. The zero-order valence-electron chi connectivity index (χ0n) is 22.4. The standard InChI is InChI=1S/C28H37N5O4/c1-16-8-10-32(25(36)15-30-18(3)34)11-9-22-17(2)26-23(13-28(4,5)14-24(26)35)33(22)19-6-7-20(27(29)37)21(12-19)31-16/h6-7,12,16,31H,8-11,13-15H2,1-5H3,(H2,29,37)(H,30,34)/t16-/m0/s1. The molecule has 1 aromatic heterocycles. The van der Waals surface area contributed by atoms with Crippen LogP contribution in [0.2, 0.25) is 0 Å². The van der Waals surface area contributed by atoms with E-state index in [1.807, 2.05) is 26.0 Å². The van der Waals surface area contributed by atoms with Gasteiger partial charge < -0.3 is 25.8 Å². The molecule has 2 aliphatic rings. The number of hydrogen-bond donors (Lipinski definition) is 3. The third kappa shape index (κ3) is 5.40. The summed E-state index contributed by atoms with van der Waals surface area (Å²) in [6, 6.07) is 5.50. The number of carbonyl (C=O) groups is 4. The molecule has 1 atom stereocenters. The molecule has 9 nitrogen and oxygen atoms in total. The number of aromatic nitrogens is 1. The Morgan fingerprint density at radius 2 is 1.89 bits per heavy atom. The molecule has 3 amide bonds. The second-order valence-electron chi connectivity index (χ2n) is 11.1. The van der Waals surface area contributed by atoms with Crippen molar-refractivity contribution >= 4 is 29.2 Å². The molecular formula is C28H37N5O4. The average molecular weight is 508 g/mol. The van der Waals surface area contributed by atoms with E-state index in [-0.39, 0.29) is 35.6 Å². The summed E-state index contributed by atoms with van der Waals surface area (Å²) in [6.45, 7) is 10.4. The van der Waals surface area contributed by atoms with Crippen LogP contribution < -0.4 is 16.4 Å². The molecule has 1 aromatic carbocycles. The van der Waals surface area contributed by atoms with E-state index in [2.05, 4.69) is 29.0 Å². The van der Waals surface area contributed by atoms with E-state index in [0.29, 0.717) is 43.6 Å². The van der Waals surface area contributed by atoms with Gasteiger partial charge in [-0.2, -0.15) is 0 Å². The Kier molecular flexibility index (Phi) is 7.17. The molecule has 0 saturated carbocycles. The smallest absolute Gasteiger partial charge is 0.250 e. The van der Waals surface area contributed by atoms with Crippen LogP contribution >= 0.6 is 0 Å². The number of fused-ring (bicyclic) bond motifs is 6. The Morgan fingerprint density at radius 1 is 1.16 bits per heavy atom. The van der Waals surface area contributed by atoms with Crippen molar-refractivity contribution in [1.29, 1.82) is 0 Å². The number of primary amides is 1. The number of ketones is 1. The summed E-state index contributed by atoms with van der Waals surface area (Å²) in [7, 11) is 0. The predicted octanol–water partition coefficient (Wildman–Crippen LogP) is 2.75. The van der Waals surface area contributed by atoms with Crippen molar-refractivity contribution in [2.24, 2.45) is 11.1 Å². The van der Waals surface area contributed by atoms with Gasteiger partial charge in [-0.05, 0) is 55.9 Å². The number of anilines is 1. The molecule has 1 aliphatic heterocycles. The minimum Gasteiger partial charge on any atom is -0.382 e.